The summed E-state index contributed by atoms with van der Waals surface area (Å²) < 4.78 is 0. The third kappa shape index (κ3) is 2.37. The molecule has 1 saturated carbocycles. The lowest BCUT2D eigenvalue weighted by molar-refractivity contribution is -0.148. The first-order chi connectivity index (χ1) is 9.90. The molecule has 1 amide bonds. The smallest absolute Gasteiger partial charge is 0.307 e. The lowest BCUT2D eigenvalue weighted by Crippen LogP contribution is -2.47. The Hall–Kier alpha value is -1.69. The summed E-state index contributed by atoms with van der Waals surface area (Å²) in [6.07, 6.45) is 6.41. The first-order valence-corrected chi connectivity index (χ1v) is 7.91. The molecule has 2 unspecified atom stereocenters. The van der Waals surface area contributed by atoms with E-state index in [4.69, 9.17) is 0 Å². The highest BCUT2D eigenvalue weighted by atomic mass is 32.1. The van der Waals surface area contributed by atoms with E-state index in [0.29, 0.717) is 0 Å². The van der Waals surface area contributed by atoms with Gasteiger partial charge in [-0.15, -0.1) is 11.3 Å². The fourth-order valence-electron chi connectivity index (χ4n) is 3.49. The van der Waals surface area contributed by atoms with Gasteiger partial charge in [-0.25, -0.2) is 4.98 Å². The van der Waals surface area contributed by atoms with Crippen LogP contribution in [0.1, 0.15) is 25.3 Å². The summed E-state index contributed by atoms with van der Waals surface area (Å²) in [5.41, 5.74) is -0.583. The Bertz CT molecular complexity index is 594. The fraction of sp³-hybridized carbons (Fsp3) is 0.533. The van der Waals surface area contributed by atoms with Gasteiger partial charge < -0.3 is 10.4 Å². The Balaban J connectivity index is 1.79. The summed E-state index contributed by atoms with van der Waals surface area (Å²) in [5, 5.41) is 15.1. The van der Waals surface area contributed by atoms with Crippen LogP contribution >= 0.6 is 11.3 Å². The molecule has 0 saturated heterocycles. The van der Waals surface area contributed by atoms with Gasteiger partial charge in [-0.1, -0.05) is 12.2 Å². The maximum Gasteiger partial charge on any atom is 0.307 e. The van der Waals surface area contributed by atoms with Gasteiger partial charge in [-0.3, -0.25) is 9.59 Å². The SMILES string of the molecule is CC(C)(NC(=O)[C@H]1C2C=CC(C2)[C@H]1C(=O)O)c1nccs1. The summed E-state index contributed by atoms with van der Waals surface area (Å²) >= 11 is 1.48. The summed E-state index contributed by atoms with van der Waals surface area (Å²) in [4.78, 5) is 28.3. The van der Waals surface area contributed by atoms with E-state index in [1.807, 2.05) is 31.4 Å². The van der Waals surface area contributed by atoms with E-state index < -0.39 is 23.3 Å². The van der Waals surface area contributed by atoms with Crippen LogP contribution in [0.3, 0.4) is 0 Å². The molecule has 1 heterocycles. The number of carbonyl (C=O) groups excluding carboxylic acids is 1. The van der Waals surface area contributed by atoms with Crippen LogP contribution in [0.5, 0.6) is 0 Å². The quantitative estimate of drug-likeness (QED) is 0.834. The van der Waals surface area contributed by atoms with Gasteiger partial charge in [0.2, 0.25) is 5.91 Å². The van der Waals surface area contributed by atoms with Crippen molar-refractivity contribution in [1.82, 2.24) is 10.3 Å². The predicted octanol–water partition coefficient (Wildman–Crippen LogP) is 2.02. The zero-order chi connectivity index (χ0) is 15.2. The number of fused-ring (bicyclic) bond motifs is 2. The van der Waals surface area contributed by atoms with Crippen molar-refractivity contribution in [1.29, 1.82) is 0 Å². The minimum absolute atomic E-state index is 0.00812. The molecule has 1 fully saturated rings. The zero-order valence-corrected chi connectivity index (χ0v) is 12.8. The van der Waals surface area contributed by atoms with Gasteiger partial charge >= 0.3 is 5.97 Å². The van der Waals surface area contributed by atoms with Gasteiger partial charge in [0.15, 0.2) is 0 Å². The van der Waals surface area contributed by atoms with Crippen molar-refractivity contribution in [3.63, 3.8) is 0 Å². The van der Waals surface area contributed by atoms with Crippen LogP contribution in [0.15, 0.2) is 23.7 Å². The van der Waals surface area contributed by atoms with Gasteiger partial charge in [0, 0.05) is 11.6 Å². The third-order valence-corrected chi connectivity index (χ3v) is 5.55. The van der Waals surface area contributed by atoms with Gasteiger partial charge in [-0.2, -0.15) is 0 Å². The topological polar surface area (TPSA) is 79.3 Å². The van der Waals surface area contributed by atoms with Crippen LogP contribution in [0, 0.1) is 23.7 Å². The second kappa shape index (κ2) is 4.94. The highest BCUT2D eigenvalue weighted by Gasteiger charge is 2.52. The van der Waals surface area contributed by atoms with Crippen molar-refractivity contribution >= 4 is 23.2 Å². The van der Waals surface area contributed by atoms with Gasteiger partial charge in [0.1, 0.15) is 5.01 Å². The summed E-state index contributed by atoms with van der Waals surface area (Å²) in [7, 11) is 0. The van der Waals surface area contributed by atoms with Gasteiger partial charge in [-0.05, 0) is 32.1 Å². The molecule has 2 aliphatic carbocycles. The third-order valence-electron chi connectivity index (χ3n) is 4.45. The molecular weight excluding hydrogens is 288 g/mol. The van der Waals surface area contributed by atoms with Gasteiger partial charge in [0.25, 0.3) is 0 Å². The number of carboxylic acids is 1. The number of aromatic nitrogens is 1. The van der Waals surface area contributed by atoms with Gasteiger partial charge in [0.05, 0.1) is 17.4 Å². The molecule has 0 aliphatic heterocycles. The number of thiazole rings is 1. The van der Waals surface area contributed by atoms with Crippen molar-refractivity contribution in [3.8, 4) is 0 Å². The first-order valence-electron chi connectivity index (χ1n) is 7.03. The summed E-state index contributed by atoms with van der Waals surface area (Å²) in [5.74, 6) is -2.10. The Labute approximate surface area is 127 Å². The van der Waals surface area contributed by atoms with E-state index in [0.717, 1.165) is 11.4 Å². The molecule has 3 rings (SSSR count). The van der Waals surface area contributed by atoms with Crippen LogP contribution in [0.25, 0.3) is 0 Å². The number of carboxylic acid groups (broad SMARTS) is 1. The molecule has 2 N–H and O–H groups in total. The number of amides is 1. The molecule has 21 heavy (non-hydrogen) atoms. The molecule has 0 aromatic carbocycles. The van der Waals surface area contributed by atoms with Crippen LogP contribution in [-0.2, 0) is 15.1 Å². The number of hydrogen-bond acceptors (Lipinski definition) is 4. The lowest BCUT2D eigenvalue weighted by Gasteiger charge is -2.30. The molecule has 112 valence electrons. The van der Waals surface area contributed by atoms with E-state index in [1.54, 1.807) is 6.20 Å². The van der Waals surface area contributed by atoms with Crippen molar-refractivity contribution in [2.45, 2.75) is 25.8 Å². The largest absolute Gasteiger partial charge is 0.481 e. The first kappa shape index (κ1) is 14.3. The molecule has 5 nitrogen and oxygen atoms in total. The average molecular weight is 306 g/mol. The maximum atomic E-state index is 12.6. The molecule has 2 bridgehead atoms. The number of nitrogens with zero attached hydrogens (tertiary/aromatic N) is 1. The van der Waals surface area contributed by atoms with Crippen molar-refractivity contribution in [2.24, 2.45) is 23.7 Å². The molecular formula is C15H18N2O3S. The van der Waals surface area contributed by atoms with Crippen molar-refractivity contribution in [2.75, 3.05) is 0 Å². The number of carbonyl (C=O) groups is 2. The summed E-state index contributed by atoms with van der Waals surface area (Å²) in [6, 6.07) is 0. The average Bonchev–Trinajstić information content (AvgIpc) is 3.13. The molecule has 1 aromatic heterocycles. The Morgan fingerprint density at radius 1 is 1.33 bits per heavy atom. The Morgan fingerprint density at radius 2 is 2.00 bits per heavy atom. The van der Waals surface area contributed by atoms with Crippen molar-refractivity contribution in [3.05, 3.63) is 28.7 Å². The maximum absolute atomic E-state index is 12.6. The minimum atomic E-state index is -0.876. The van der Waals surface area contributed by atoms with Crippen molar-refractivity contribution < 1.29 is 14.7 Å². The number of nitrogens with one attached hydrogen (secondary N) is 1. The van der Waals surface area contributed by atoms with E-state index in [-0.39, 0.29) is 17.7 Å². The zero-order valence-electron chi connectivity index (χ0n) is 11.9. The standard InChI is InChI=1S/C15H18N2O3S/c1-15(2,14-16-5-6-21-14)17-12(18)10-8-3-4-9(7-8)11(10)13(19)20/h3-6,8-11H,7H2,1-2H3,(H,17,18)(H,19,20)/t8?,9?,10-,11+/m0/s1. The highest BCUT2D eigenvalue weighted by molar-refractivity contribution is 7.09. The molecule has 0 radical (unpaired) electrons. The van der Waals surface area contributed by atoms with E-state index >= 15 is 0 Å². The number of allylic oxidation sites excluding steroid dienone is 2. The minimum Gasteiger partial charge on any atom is -0.481 e. The highest BCUT2D eigenvalue weighted by Crippen LogP contribution is 2.48. The van der Waals surface area contributed by atoms with Crippen LogP contribution in [-0.4, -0.2) is 22.0 Å². The van der Waals surface area contributed by atoms with Crippen LogP contribution in [0.4, 0.5) is 0 Å². The molecule has 1 aromatic rings. The fourth-order valence-corrected chi connectivity index (χ4v) is 4.21. The number of hydrogen-bond donors (Lipinski definition) is 2. The monoisotopic (exact) mass is 306 g/mol. The molecule has 0 spiro atoms. The lowest BCUT2D eigenvalue weighted by atomic mass is 9.82. The summed E-state index contributed by atoms with van der Waals surface area (Å²) in [6.45, 7) is 3.78. The molecule has 4 atom stereocenters. The number of aliphatic carboxylic acids is 1. The number of rotatable bonds is 4. The Morgan fingerprint density at radius 3 is 2.57 bits per heavy atom. The second-order valence-electron chi connectivity index (χ2n) is 6.29. The second-order valence-corrected chi connectivity index (χ2v) is 7.18. The van der Waals surface area contributed by atoms with E-state index in [2.05, 4.69) is 10.3 Å². The van der Waals surface area contributed by atoms with E-state index in [1.165, 1.54) is 11.3 Å². The predicted molar refractivity (Wildman–Crippen MR) is 78.6 cm³/mol. The van der Waals surface area contributed by atoms with Crippen LogP contribution < -0.4 is 5.32 Å². The normalized spacial score (nSPS) is 30.6. The Kier molecular flexibility index (Phi) is 3.36. The molecule has 2 aliphatic rings. The van der Waals surface area contributed by atoms with Crippen LogP contribution in [0.2, 0.25) is 0 Å². The molecule has 6 heteroatoms. The van der Waals surface area contributed by atoms with E-state index in [9.17, 15) is 14.7 Å².